The molecule has 1 rings (SSSR count). The molecule has 1 amide bonds. The Morgan fingerprint density at radius 2 is 2.31 bits per heavy atom. The van der Waals surface area contributed by atoms with Crippen LogP contribution in [0.4, 0.5) is 5.69 Å². The maximum atomic E-state index is 11.0. The summed E-state index contributed by atoms with van der Waals surface area (Å²) in [5.74, 6) is -0.140. The first-order chi connectivity index (χ1) is 6.13. The number of aromatic nitrogens is 1. The van der Waals surface area contributed by atoms with Crippen LogP contribution in [0.15, 0.2) is 23.1 Å². The lowest BCUT2D eigenvalue weighted by Gasteiger charge is -2.03. The molecule has 0 aliphatic heterocycles. The molecule has 0 aliphatic rings. The van der Waals surface area contributed by atoms with E-state index in [1.807, 2.05) is 0 Å². The van der Waals surface area contributed by atoms with Crippen molar-refractivity contribution >= 4 is 27.5 Å². The van der Waals surface area contributed by atoms with Gasteiger partial charge in [-0.15, -0.1) is 0 Å². The van der Waals surface area contributed by atoms with E-state index >= 15 is 0 Å². The molecule has 0 unspecified atom stereocenters. The maximum absolute atomic E-state index is 11.0. The highest BCUT2D eigenvalue weighted by Gasteiger charge is 1.99. The lowest BCUT2D eigenvalue weighted by Crippen LogP contribution is -2.18. The van der Waals surface area contributed by atoms with Crippen LogP contribution in [0.1, 0.15) is 0 Å². The highest BCUT2D eigenvalue weighted by molar-refractivity contribution is 9.09. The Hall–Kier alpha value is -1.10. The van der Waals surface area contributed by atoms with Crippen molar-refractivity contribution in [3.8, 4) is 0 Å². The van der Waals surface area contributed by atoms with Crippen molar-refractivity contribution < 1.29 is 4.79 Å². The molecular formula is C8H9BrN2O2. The average molecular weight is 245 g/mol. The predicted molar refractivity (Wildman–Crippen MR) is 54.1 cm³/mol. The van der Waals surface area contributed by atoms with E-state index in [-0.39, 0.29) is 16.8 Å². The highest BCUT2D eigenvalue weighted by Crippen LogP contribution is 2.02. The molecule has 70 valence electrons. The van der Waals surface area contributed by atoms with Crippen LogP contribution in [0.5, 0.6) is 0 Å². The van der Waals surface area contributed by atoms with Crippen LogP contribution in [0.3, 0.4) is 0 Å². The van der Waals surface area contributed by atoms with E-state index in [1.54, 1.807) is 19.3 Å². The first-order valence-corrected chi connectivity index (χ1v) is 4.78. The Balaban J connectivity index is 2.86. The normalized spacial score (nSPS) is 9.69. The molecule has 0 saturated carbocycles. The molecule has 1 aromatic rings. The maximum Gasteiger partial charge on any atom is 0.250 e. The van der Waals surface area contributed by atoms with Crippen molar-refractivity contribution in [3.05, 3.63) is 28.7 Å². The third kappa shape index (κ3) is 2.69. The van der Waals surface area contributed by atoms with Crippen molar-refractivity contribution in [3.63, 3.8) is 0 Å². The number of nitrogens with zero attached hydrogens (tertiary/aromatic N) is 1. The third-order valence-electron chi connectivity index (χ3n) is 1.49. The van der Waals surface area contributed by atoms with Gasteiger partial charge >= 0.3 is 0 Å². The number of pyridine rings is 1. The number of aryl methyl sites for hydroxylation is 1. The van der Waals surface area contributed by atoms with Gasteiger partial charge in [0.05, 0.1) is 11.0 Å². The van der Waals surface area contributed by atoms with Crippen molar-refractivity contribution in [2.45, 2.75) is 0 Å². The largest absolute Gasteiger partial charge is 0.324 e. The van der Waals surface area contributed by atoms with E-state index in [0.29, 0.717) is 5.69 Å². The Kier molecular flexibility index (Phi) is 3.25. The number of amides is 1. The van der Waals surface area contributed by atoms with E-state index in [1.165, 1.54) is 10.6 Å². The lowest BCUT2D eigenvalue weighted by molar-refractivity contribution is -0.113. The number of hydrogen-bond acceptors (Lipinski definition) is 2. The molecule has 1 N–H and O–H groups in total. The summed E-state index contributed by atoms with van der Waals surface area (Å²) in [5, 5.41) is 2.86. The number of halogens is 1. The van der Waals surface area contributed by atoms with Crippen LogP contribution in [0.25, 0.3) is 0 Å². The van der Waals surface area contributed by atoms with Gasteiger partial charge < -0.3 is 9.88 Å². The molecule has 0 spiro atoms. The molecule has 4 nitrogen and oxygen atoms in total. The fourth-order valence-corrected chi connectivity index (χ4v) is 1.00. The smallest absolute Gasteiger partial charge is 0.250 e. The highest BCUT2D eigenvalue weighted by atomic mass is 79.9. The van der Waals surface area contributed by atoms with Gasteiger partial charge in [0.25, 0.3) is 0 Å². The van der Waals surface area contributed by atoms with E-state index < -0.39 is 0 Å². The second-order valence-electron chi connectivity index (χ2n) is 2.55. The lowest BCUT2D eigenvalue weighted by atomic mass is 10.4. The van der Waals surface area contributed by atoms with E-state index in [2.05, 4.69) is 21.2 Å². The Bertz CT molecular complexity index is 373. The van der Waals surface area contributed by atoms with Gasteiger partial charge in [0.2, 0.25) is 11.5 Å². The summed E-state index contributed by atoms with van der Waals surface area (Å²) in [6.45, 7) is 0. The molecule has 1 heterocycles. The van der Waals surface area contributed by atoms with Crippen molar-refractivity contribution in [2.24, 2.45) is 7.05 Å². The van der Waals surface area contributed by atoms with Crippen molar-refractivity contribution in [2.75, 3.05) is 10.6 Å². The number of alkyl halides is 1. The summed E-state index contributed by atoms with van der Waals surface area (Å²) >= 11 is 3.02. The minimum Gasteiger partial charge on any atom is -0.324 e. The van der Waals surface area contributed by atoms with Gasteiger partial charge in [-0.2, -0.15) is 0 Å². The summed E-state index contributed by atoms with van der Waals surface area (Å²) < 4.78 is 1.41. The van der Waals surface area contributed by atoms with Crippen molar-refractivity contribution in [1.29, 1.82) is 0 Å². The molecule has 0 fully saturated rings. The van der Waals surface area contributed by atoms with Gasteiger partial charge in [-0.25, -0.2) is 0 Å². The Labute approximate surface area is 83.7 Å². The number of anilines is 1. The van der Waals surface area contributed by atoms with Gasteiger partial charge in [0, 0.05) is 19.3 Å². The number of carbonyl (C=O) groups is 1. The van der Waals surface area contributed by atoms with Crippen molar-refractivity contribution in [1.82, 2.24) is 4.57 Å². The SMILES string of the molecule is Cn1cc(NC(=O)CBr)ccc1=O. The van der Waals surface area contributed by atoms with E-state index in [9.17, 15) is 9.59 Å². The van der Waals surface area contributed by atoms with Crippen LogP contribution in [-0.2, 0) is 11.8 Å². The molecule has 0 bridgehead atoms. The summed E-state index contributed by atoms with van der Waals surface area (Å²) in [4.78, 5) is 21.9. The molecule has 0 saturated heterocycles. The molecule has 0 atom stereocenters. The Morgan fingerprint density at radius 1 is 1.62 bits per heavy atom. The molecule has 0 aliphatic carbocycles. The zero-order valence-electron chi connectivity index (χ0n) is 7.08. The monoisotopic (exact) mass is 244 g/mol. The summed E-state index contributed by atoms with van der Waals surface area (Å²) in [6.07, 6.45) is 1.57. The number of hydrogen-bond donors (Lipinski definition) is 1. The average Bonchev–Trinajstić information content (AvgIpc) is 2.11. The molecule has 13 heavy (non-hydrogen) atoms. The van der Waals surface area contributed by atoms with Gasteiger partial charge in [-0.3, -0.25) is 9.59 Å². The molecule has 5 heteroatoms. The number of rotatable bonds is 2. The predicted octanol–water partition coefficient (Wildman–Crippen LogP) is 0.719. The van der Waals surface area contributed by atoms with E-state index in [4.69, 9.17) is 0 Å². The van der Waals surface area contributed by atoms with Gasteiger partial charge in [-0.1, -0.05) is 15.9 Å². The van der Waals surface area contributed by atoms with Crippen LogP contribution < -0.4 is 10.9 Å². The van der Waals surface area contributed by atoms with Crippen LogP contribution in [0.2, 0.25) is 0 Å². The van der Waals surface area contributed by atoms with Gasteiger partial charge in [0.1, 0.15) is 0 Å². The third-order valence-corrected chi connectivity index (χ3v) is 2.00. The Morgan fingerprint density at radius 3 is 2.85 bits per heavy atom. The fourth-order valence-electron chi connectivity index (χ4n) is 0.862. The topological polar surface area (TPSA) is 51.1 Å². The molecule has 1 aromatic heterocycles. The van der Waals surface area contributed by atoms with Gasteiger partial charge in [-0.05, 0) is 6.07 Å². The second kappa shape index (κ2) is 4.23. The standard InChI is InChI=1S/C8H9BrN2O2/c1-11-5-6(2-3-8(11)13)10-7(12)4-9/h2-3,5H,4H2,1H3,(H,10,12). The number of carbonyl (C=O) groups excluding carboxylic acids is 1. The summed E-state index contributed by atoms with van der Waals surface area (Å²) in [7, 11) is 1.63. The zero-order valence-corrected chi connectivity index (χ0v) is 8.67. The van der Waals surface area contributed by atoms with Gasteiger partial charge in [0.15, 0.2) is 0 Å². The summed E-state index contributed by atoms with van der Waals surface area (Å²) in [6, 6.07) is 2.98. The van der Waals surface area contributed by atoms with Crippen LogP contribution in [0, 0.1) is 0 Å². The first-order valence-electron chi connectivity index (χ1n) is 3.66. The molecular weight excluding hydrogens is 236 g/mol. The minimum atomic E-state index is -0.140. The first kappa shape index (κ1) is 9.98. The van der Waals surface area contributed by atoms with Crippen LogP contribution >= 0.6 is 15.9 Å². The minimum absolute atomic E-state index is 0.100. The molecule has 0 radical (unpaired) electrons. The second-order valence-corrected chi connectivity index (χ2v) is 3.11. The fraction of sp³-hybridized carbons (Fsp3) is 0.250. The van der Waals surface area contributed by atoms with Crippen LogP contribution in [-0.4, -0.2) is 15.8 Å². The molecule has 0 aromatic carbocycles. The zero-order chi connectivity index (χ0) is 9.84. The number of nitrogens with one attached hydrogen (secondary N) is 1. The summed E-state index contributed by atoms with van der Waals surface area (Å²) in [5.41, 5.74) is 0.517. The van der Waals surface area contributed by atoms with E-state index in [0.717, 1.165) is 0 Å². The quantitative estimate of drug-likeness (QED) is 0.780.